The number of esters is 1. The van der Waals surface area contributed by atoms with Crippen molar-refractivity contribution in [3.8, 4) is 55.6 Å². The van der Waals surface area contributed by atoms with Crippen LogP contribution in [-0.4, -0.2) is 24.9 Å². The van der Waals surface area contributed by atoms with Gasteiger partial charge in [-0.05, 0) is 151 Å². The number of carbonyl (C=O) groups is 1. The average molecular weight is 923 g/mol. The minimum Gasteiger partial charge on any atom is -0.463 e. The predicted molar refractivity (Wildman–Crippen MR) is 262 cm³/mol. The molecule has 3 aliphatic rings. The largest absolute Gasteiger partial charge is 0.463 e. The Morgan fingerprint density at radius 2 is 1.00 bits per heavy atom. The number of hydrogen-bond donors (Lipinski definition) is 0. The molecule has 6 aromatic carbocycles. The maximum Gasteiger partial charge on any atom is 0.403 e. The molecule has 0 radical (unpaired) electrons. The summed E-state index contributed by atoms with van der Waals surface area (Å²) in [5, 5.41) is 0. The van der Waals surface area contributed by atoms with Gasteiger partial charge in [-0.3, -0.25) is 0 Å². The highest BCUT2D eigenvalue weighted by atomic mass is 19.4. The number of fused-ring (bicyclic) bond motifs is 9. The van der Waals surface area contributed by atoms with Crippen molar-refractivity contribution in [2.45, 2.75) is 109 Å². The van der Waals surface area contributed by atoms with Gasteiger partial charge in [0.25, 0.3) is 0 Å². The molecule has 0 N–H and O–H groups in total. The second-order valence-corrected chi connectivity index (χ2v) is 20.3. The number of alkyl halides is 6. The molecule has 0 amide bonds. The molecule has 0 heterocycles. The van der Waals surface area contributed by atoms with Crippen molar-refractivity contribution < 1.29 is 35.9 Å². The highest BCUT2D eigenvalue weighted by molar-refractivity contribution is 5.90. The molecule has 0 bridgehead atoms. The van der Waals surface area contributed by atoms with Crippen LogP contribution in [0, 0.1) is 5.41 Å². The minimum atomic E-state index is -5.48. The van der Waals surface area contributed by atoms with Gasteiger partial charge in [0.05, 0.1) is 6.61 Å². The first-order valence-corrected chi connectivity index (χ1v) is 23.5. The smallest absolute Gasteiger partial charge is 0.403 e. The molecule has 2 nitrogen and oxygen atoms in total. The van der Waals surface area contributed by atoms with Gasteiger partial charge in [0, 0.05) is 22.3 Å². The number of benzene rings is 6. The molecule has 0 saturated carbocycles. The van der Waals surface area contributed by atoms with Gasteiger partial charge >= 0.3 is 18.3 Å². The molecule has 350 valence electrons. The number of unbranched alkanes of at least 4 members (excludes halogenated alkanes) is 2. The van der Waals surface area contributed by atoms with Crippen LogP contribution >= 0.6 is 0 Å². The number of rotatable bonds is 13. The third-order valence-electron chi connectivity index (χ3n) is 15.7. The zero-order valence-corrected chi connectivity index (χ0v) is 39.5. The molecule has 0 aliphatic heterocycles. The van der Waals surface area contributed by atoms with Crippen LogP contribution in [0.4, 0.5) is 26.3 Å². The van der Waals surface area contributed by atoms with Crippen molar-refractivity contribution in [1.29, 1.82) is 0 Å². The highest BCUT2D eigenvalue weighted by Gasteiger charge is 2.67. The Balaban J connectivity index is 1.11. The molecular weight excluding hydrogens is 867 g/mol. The van der Waals surface area contributed by atoms with E-state index in [1.54, 1.807) is 6.07 Å². The molecule has 0 spiro atoms. The molecular formula is C60H56F6O2. The normalized spacial score (nSPS) is 17.1. The van der Waals surface area contributed by atoms with E-state index in [9.17, 15) is 31.1 Å². The summed E-state index contributed by atoms with van der Waals surface area (Å²) in [6.07, 6.45) is -7.07. The molecule has 3 aliphatic carbocycles. The molecule has 1 atom stereocenters. The summed E-state index contributed by atoms with van der Waals surface area (Å²) >= 11 is 0. The molecule has 8 heteroatoms. The standard InChI is InChI=1S/C60H56F6O2/c1-9-36(3)58(28-14-11-15-29-68-54(67)10-2)52-33-40(38-19-24-44-42-16-12-13-17-48(42)55(4,5)50(44)31-38)21-26-46(52)47-27-22-41(34-53(47)58)39-20-25-45-43-23-18-37(30-49(43)56(6,7)51(45)32-39)35-57(8,59(61,62)63)60(64,65)66/h10,12-13,16-27,30-34H,2-3,9,11,14-15,28-29,35H2,1,4-8H3. The topological polar surface area (TPSA) is 26.3 Å². The third-order valence-corrected chi connectivity index (χ3v) is 15.7. The Morgan fingerprint density at radius 3 is 1.49 bits per heavy atom. The molecule has 0 saturated heterocycles. The fourth-order valence-corrected chi connectivity index (χ4v) is 11.5. The van der Waals surface area contributed by atoms with Gasteiger partial charge in [0.2, 0.25) is 0 Å². The zero-order valence-electron chi connectivity index (χ0n) is 39.5. The van der Waals surface area contributed by atoms with Crippen LogP contribution in [0.5, 0.6) is 0 Å². The van der Waals surface area contributed by atoms with Crippen LogP contribution in [0.1, 0.15) is 113 Å². The van der Waals surface area contributed by atoms with Crippen LogP contribution in [0.15, 0.2) is 140 Å². The van der Waals surface area contributed by atoms with Gasteiger partial charge in [0.1, 0.15) is 0 Å². The first-order chi connectivity index (χ1) is 32.1. The fraction of sp³-hybridized carbons (Fsp3) is 0.317. The molecule has 6 aromatic rings. The lowest BCUT2D eigenvalue weighted by Crippen LogP contribution is -2.49. The molecule has 68 heavy (non-hydrogen) atoms. The van der Waals surface area contributed by atoms with Gasteiger partial charge in [-0.2, -0.15) is 26.3 Å². The Hall–Kier alpha value is -6.15. The first-order valence-electron chi connectivity index (χ1n) is 23.5. The Bertz CT molecular complexity index is 3020. The summed E-state index contributed by atoms with van der Waals surface area (Å²) in [6, 6.07) is 39.8. The van der Waals surface area contributed by atoms with E-state index in [-0.39, 0.29) is 17.9 Å². The molecule has 9 rings (SSSR count). The lowest BCUT2D eigenvalue weighted by Gasteiger charge is -2.35. The van der Waals surface area contributed by atoms with E-state index in [1.165, 1.54) is 51.6 Å². The summed E-state index contributed by atoms with van der Waals surface area (Å²) < 4.78 is 89.3. The van der Waals surface area contributed by atoms with Crippen molar-refractivity contribution in [3.05, 3.63) is 179 Å². The monoisotopic (exact) mass is 922 g/mol. The van der Waals surface area contributed by atoms with Crippen LogP contribution in [0.3, 0.4) is 0 Å². The number of carbonyl (C=O) groups excluding carboxylic acids is 1. The van der Waals surface area contributed by atoms with Crippen molar-refractivity contribution in [2.75, 3.05) is 6.61 Å². The quantitative estimate of drug-likeness (QED) is 0.0379. The van der Waals surface area contributed by atoms with Crippen molar-refractivity contribution in [2.24, 2.45) is 5.41 Å². The van der Waals surface area contributed by atoms with Gasteiger partial charge in [-0.1, -0.05) is 157 Å². The minimum absolute atomic E-state index is 0.0146. The van der Waals surface area contributed by atoms with Crippen molar-refractivity contribution in [3.63, 3.8) is 0 Å². The summed E-state index contributed by atoms with van der Waals surface area (Å²) in [5.74, 6) is -0.434. The lowest BCUT2D eigenvalue weighted by molar-refractivity contribution is -0.334. The van der Waals surface area contributed by atoms with Gasteiger partial charge in [-0.25, -0.2) is 4.79 Å². The van der Waals surface area contributed by atoms with Gasteiger partial charge < -0.3 is 4.74 Å². The van der Waals surface area contributed by atoms with Crippen LogP contribution in [0.2, 0.25) is 0 Å². The Labute approximate surface area is 395 Å². The SMILES string of the molecule is C=CC(=O)OCCCCCC1(C(=C)CC)c2cc(-c3ccc4c(c3)C(C)(C)c3ccccc3-4)ccc2-c2ccc(-c3ccc4c(c3)C(C)(C)c3cc(CC(C)(C(F)(F)F)C(F)(F)F)ccc3-4)cc21. The van der Waals surface area contributed by atoms with E-state index in [1.807, 2.05) is 19.9 Å². The third kappa shape index (κ3) is 7.27. The van der Waals surface area contributed by atoms with E-state index in [2.05, 4.69) is 118 Å². The Morgan fingerprint density at radius 1 is 0.574 bits per heavy atom. The highest BCUT2D eigenvalue weighted by Crippen LogP contribution is 2.59. The molecule has 0 fully saturated rings. The van der Waals surface area contributed by atoms with Crippen LogP contribution < -0.4 is 0 Å². The summed E-state index contributed by atoms with van der Waals surface area (Å²) in [5.41, 5.74) is 13.2. The molecule has 1 unspecified atom stereocenters. The van der Waals surface area contributed by atoms with E-state index in [4.69, 9.17) is 11.3 Å². The number of ether oxygens (including phenoxy) is 1. The van der Waals surface area contributed by atoms with Crippen LogP contribution in [-0.2, 0) is 32.2 Å². The molecule has 0 aromatic heterocycles. The van der Waals surface area contributed by atoms with E-state index in [0.717, 1.165) is 81.3 Å². The van der Waals surface area contributed by atoms with Gasteiger partial charge in [-0.15, -0.1) is 0 Å². The predicted octanol–water partition coefficient (Wildman–Crippen LogP) is 16.8. The zero-order chi connectivity index (χ0) is 48.8. The number of allylic oxidation sites excluding steroid dienone is 1. The van der Waals surface area contributed by atoms with Crippen molar-refractivity contribution >= 4 is 5.97 Å². The fourth-order valence-electron chi connectivity index (χ4n) is 11.5. The van der Waals surface area contributed by atoms with E-state index >= 15 is 0 Å². The van der Waals surface area contributed by atoms with E-state index < -0.39 is 41.0 Å². The second-order valence-electron chi connectivity index (χ2n) is 20.3. The van der Waals surface area contributed by atoms with Crippen molar-refractivity contribution in [1.82, 2.24) is 0 Å². The summed E-state index contributed by atoms with van der Waals surface area (Å²) in [6.45, 7) is 19.6. The summed E-state index contributed by atoms with van der Waals surface area (Å²) in [4.78, 5) is 11.8. The first kappa shape index (κ1) is 46.9. The maximum absolute atomic E-state index is 14.0. The second kappa shape index (κ2) is 16.5. The van der Waals surface area contributed by atoms with Gasteiger partial charge in [0.15, 0.2) is 5.41 Å². The lowest BCUT2D eigenvalue weighted by atomic mass is 9.67. The maximum atomic E-state index is 14.0. The Kier molecular flexibility index (Phi) is 11.4. The number of hydrogen-bond acceptors (Lipinski definition) is 2. The van der Waals surface area contributed by atoms with Crippen LogP contribution in [0.25, 0.3) is 55.6 Å². The number of halogens is 6. The summed E-state index contributed by atoms with van der Waals surface area (Å²) in [7, 11) is 0. The van der Waals surface area contributed by atoms with E-state index in [0.29, 0.717) is 18.6 Å². The average Bonchev–Trinajstić information content (AvgIpc) is 3.82.